The van der Waals surface area contributed by atoms with Crippen LogP contribution in [0, 0.1) is 0 Å². The lowest BCUT2D eigenvalue weighted by Crippen LogP contribution is -2.40. The molecule has 1 N–H and O–H groups in total. The van der Waals surface area contributed by atoms with E-state index < -0.39 is 10.0 Å². The summed E-state index contributed by atoms with van der Waals surface area (Å²) in [6.07, 6.45) is 0. The van der Waals surface area contributed by atoms with Crippen molar-refractivity contribution in [1.82, 2.24) is 9.29 Å². The molecule has 1 aromatic heterocycles. The molecule has 1 aliphatic heterocycles. The first kappa shape index (κ1) is 20.3. The van der Waals surface area contributed by atoms with Crippen molar-refractivity contribution in [2.24, 2.45) is 0 Å². The van der Waals surface area contributed by atoms with Gasteiger partial charge in [0.05, 0.1) is 23.8 Å². The third-order valence-electron chi connectivity index (χ3n) is 4.65. The lowest BCUT2D eigenvalue weighted by atomic mass is 10.2. The molecule has 0 amide bonds. The SMILES string of the molecule is O=S(=O)(c1ccc(-c2csc(NCc3ccccc3Cl)n2)cc1)N1CCOCC1. The summed E-state index contributed by atoms with van der Waals surface area (Å²) < 4.78 is 32.1. The van der Waals surface area contributed by atoms with Crippen LogP contribution in [0.5, 0.6) is 0 Å². The molecule has 0 saturated carbocycles. The van der Waals surface area contributed by atoms with Crippen LogP contribution in [0.25, 0.3) is 11.3 Å². The number of thiazole rings is 1. The van der Waals surface area contributed by atoms with E-state index in [2.05, 4.69) is 10.3 Å². The summed E-state index contributed by atoms with van der Waals surface area (Å²) in [4.78, 5) is 4.88. The van der Waals surface area contributed by atoms with E-state index in [0.29, 0.717) is 37.9 Å². The summed E-state index contributed by atoms with van der Waals surface area (Å²) in [7, 11) is -3.49. The van der Waals surface area contributed by atoms with Crippen molar-refractivity contribution in [3.05, 3.63) is 64.5 Å². The predicted molar refractivity (Wildman–Crippen MR) is 116 cm³/mol. The molecule has 1 fully saturated rings. The molecule has 0 bridgehead atoms. The highest BCUT2D eigenvalue weighted by molar-refractivity contribution is 7.89. The number of benzene rings is 2. The molecule has 0 aliphatic carbocycles. The molecule has 4 rings (SSSR count). The van der Waals surface area contributed by atoms with Crippen LogP contribution in [0.1, 0.15) is 5.56 Å². The number of hydrogen-bond acceptors (Lipinski definition) is 6. The van der Waals surface area contributed by atoms with Crippen molar-refractivity contribution >= 4 is 38.1 Å². The van der Waals surface area contributed by atoms with Crippen molar-refractivity contribution in [2.45, 2.75) is 11.4 Å². The number of halogens is 1. The van der Waals surface area contributed by atoms with Crippen LogP contribution in [-0.4, -0.2) is 44.0 Å². The molecule has 3 aromatic rings. The largest absolute Gasteiger partial charge is 0.379 e. The second kappa shape index (κ2) is 8.81. The lowest BCUT2D eigenvalue weighted by Gasteiger charge is -2.26. The zero-order valence-corrected chi connectivity index (χ0v) is 17.9. The molecule has 152 valence electrons. The van der Waals surface area contributed by atoms with Crippen LogP contribution in [0.4, 0.5) is 5.13 Å². The Morgan fingerprint density at radius 1 is 1.10 bits per heavy atom. The van der Waals surface area contributed by atoms with Gasteiger partial charge in [-0.2, -0.15) is 4.31 Å². The molecule has 1 aliphatic rings. The summed E-state index contributed by atoms with van der Waals surface area (Å²) in [6, 6.07) is 14.5. The fraction of sp³-hybridized carbons (Fsp3) is 0.250. The minimum absolute atomic E-state index is 0.287. The molecule has 0 spiro atoms. The average Bonchev–Trinajstić information content (AvgIpc) is 3.23. The van der Waals surface area contributed by atoms with E-state index in [1.54, 1.807) is 24.3 Å². The predicted octanol–water partition coefficient (Wildman–Crippen LogP) is 4.10. The summed E-state index contributed by atoms with van der Waals surface area (Å²) in [5, 5.41) is 6.72. The van der Waals surface area contributed by atoms with Gasteiger partial charge < -0.3 is 10.1 Å². The number of rotatable bonds is 6. The summed E-state index contributed by atoms with van der Waals surface area (Å²) >= 11 is 7.68. The average molecular weight is 450 g/mol. The number of nitrogens with zero attached hydrogens (tertiary/aromatic N) is 2. The molecular weight excluding hydrogens is 430 g/mol. The van der Waals surface area contributed by atoms with E-state index in [1.165, 1.54) is 15.6 Å². The van der Waals surface area contributed by atoms with Crippen LogP contribution in [-0.2, 0) is 21.3 Å². The zero-order chi connectivity index (χ0) is 20.3. The molecule has 9 heteroatoms. The molecule has 0 atom stereocenters. The standard InChI is InChI=1S/C20H20ClN3O3S2/c21-18-4-2-1-3-16(18)13-22-20-23-19(14-28-20)15-5-7-17(8-6-15)29(25,26)24-9-11-27-12-10-24/h1-8,14H,9-13H2,(H,22,23). The zero-order valence-electron chi connectivity index (χ0n) is 15.5. The molecule has 2 heterocycles. The third-order valence-corrected chi connectivity index (χ3v) is 7.73. The van der Waals surface area contributed by atoms with Crippen LogP contribution in [0.15, 0.2) is 58.8 Å². The van der Waals surface area contributed by atoms with Gasteiger partial charge in [-0.05, 0) is 23.8 Å². The fourth-order valence-electron chi connectivity index (χ4n) is 3.03. The Kier molecular flexibility index (Phi) is 6.17. The maximum absolute atomic E-state index is 12.7. The van der Waals surface area contributed by atoms with Crippen LogP contribution in [0.3, 0.4) is 0 Å². The summed E-state index contributed by atoms with van der Waals surface area (Å²) in [5.74, 6) is 0. The van der Waals surface area contributed by atoms with Crippen molar-refractivity contribution in [2.75, 3.05) is 31.6 Å². The number of nitrogens with one attached hydrogen (secondary N) is 1. The van der Waals surface area contributed by atoms with Gasteiger partial charge in [-0.25, -0.2) is 13.4 Å². The molecular formula is C20H20ClN3O3S2. The second-order valence-corrected chi connectivity index (χ2v) is 9.73. The van der Waals surface area contributed by atoms with Gasteiger partial charge in [0.1, 0.15) is 0 Å². The Bertz CT molecular complexity index is 1080. The quantitative estimate of drug-likeness (QED) is 0.613. The van der Waals surface area contributed by atoms with Gasteiger partial charge in [-0.15, -0.1) is 11.3 Å². The van der Waals surface area contributed by atoms with E-state index in [9.17, 15) is 8.42 Å². The smallest absolute Gasteiger partial charge is 0.243 e. The van der Waals surface area contributed by atoms with E-state index in [1.807, 2.05) is 29.6 Å². The third kappa shape index (κ3) is 4.62. The number of morpholine rings is 1. The maximum Gasteiger partial charge on any atom is 0.243 e. The summed E-state index contributed by atoms with van der Waals surface area (Å²) in [6.45, 7) is 2.22. The molecule has 0 unspecified atom stereocenters. The summed E-state index contributed by atoms with van der Waals surface area (Å²) in [5.41, 5.74) is 2.67. The molecule has 0 radical (unpaired) electrons. The van der Waals surface area contributed by atoms with E-state index in [-0.39, 0.29) is 4.90 Å². The molecule has 1 saturated heterocycles. The van der Waals surface area contributed by atoms with Crippen molar-refractivity contribution in [3.63, 3.8) is 0 Å². The Morgan fingerprint density at radius 3 is 2.55 bits per heavy atom. The fourth-order valence-corrected chi connectivity index (χ4v) is 5.36. The van der Waals surface area contributed by atoms with Gasteiger partial charge in [0.25, 0.3) is 0 Å². The van der Waals surface area contributed by atoms with E-state index >= 15 is 0 Å². The Hall–Kier alpha value is -1.97. The molecule has 6 nitrogen and oxygen atoms in total. The second-order valence-electron chi connectivity index (χ2n) is 6.52. The van der Waals surface area contributed by atoms with Crippen molar-refractivity contribution < 1.29 is 13.2 Å². The monoisotopic (exact) mass is 449 g/mol. The Morgan fingerprint density at radius 2 is 1.83 bits per heavy atom. The first-order chi connectivity index (χ1) is 14.0. The van der Waals surface area contributed by atoms with Gasteiger partial charge in [-0.1, -0.05) is 41.9 Å². The first-order valence-corrected chi connectivity index (χ1v) is 11.8. The van der Waals surface area contributed by atoms with Crippen molar-refractivity contribution in [3.8, 4) is 11.3 Å². The lowest BCUT2D eigenvalue weighted by molar-refractivity contribution is 0.0730. The molecule has 29 heavy (non-hydrogen) atoms. The van der Waals surface area contributed by atoms with Crippen LogP contribution >= 0.6 is 22.9 Å². The highest BCUT2D eigenvalue weighted by Gasteiger charge is 2.26. The normalized spacial score (nSPS) is 15.3. The topological polar surface area (TPSA) is 71.5 Å². The van der Waals surface area contributed by atoms with Gasteiger partial charge in [0.15, 0.2) is 5.13 Å². The van der Waals surface area contributed by atoms with Gasteiger partial charge >= 0.3 is 0 Å². The minimum atomic E-state index is -3.49. The maximum atomic E-state index is 12.7. The number of hydrogen-bond donors (Lipinski definition) is 1. The highest BCUT2D eigenvalue weighted by Crippen LogP contribution is 2.27. The van der Waals surface area contributed by atoms with E-state index in [0.717, 1.165) is 22.0 Å². The first-order valence-electron chi connectivity index (χ1n) is 9.15. The minimum Gasteiger partial charge on any atom is -0.379 e. The van der Waals surface area contributed by atoms with Gasteiger partial charge in [-0.3, -0.25) is 0 Å². The van der Waals surface area contributed by atoms with Crippen LogP contribution < -0.4 is 5.32 Å². The number of aromatic nitrogens is 1. The Balaban J connectivity index is 1.45. The van der Waals surface area contributed by atoms with Crippen LogP contribution in [0.2, 0.25) is 5.02 Å². The van der Waals surface area contributed by atoms with E-state index in [4.69, 9.17) is 16.3 Å². The van der Waals surface area contributed by atoms with Gasteiger partial charge in [0.2, 0.25) is 10.0 Å². The van der Waals surface area contributed by atoms with Gasteiger partial charge in [0, 0.05) is 35.6 Å². The number of ether oxygens (including phenoxy) is 1. The highest BCUT2D eigenvalue weighted by atomic mass is 35.5. The van der Waals surface area contributed by atoms with Crippen molar-refractivity contribution in [1.29, 1.82) is 0 Å². The molecule has 2 aromatic carbocycles. The number of anilines is 1. The Labute approximate surface area is 179 Å². The number of sulfonamides is 1.